The molecular weight excluding hydrogens is 422 g/mol. The first kappa shape index (κ1) is 25.0. The lowest BCUT2D eigenvalue weighted by Gasteiger charge is -2.35. The molecule has 1 N–H and O–H groups in total. The average Bonchev–Trinajstić information content (AvgIpc) is 3.33. The number of methoxy groups -OCH3 is 1. The number of nitrogens with zero attached hydrogens (tertiary/aromatic N) is 2. The monoisotopic (exact) mass is 459 g/mol. The average molecular weight is 460 g/mol. The van der Waals surface area contributed by atoms with Crippen LogP contribution in [0.25, 0.3) is 0 Å². The van der Waals surface area contributed by atoms with Gasteiger partial charge in [0.15, 0.2) is 0 Å². The first-order valence-corrected chi connectivity index (χ1v) is 11.8. The maximum Gasteiger partial charge on any atom is 0.257 e. The largest absolute Gasteiger partial charge is 0.491 e. The fourth-order valence-electron chi connectivity index (χ4n) is 4.73. The second-order valence-corrected chi connectivity index (χ2v) is 9.45. The Kier molecular flexibility index (Phi) is 8.35. The predicted octanol–water partition coefficient (Wildman–Crippen LogP) is 3.17. The molecule has 2 aliphatic rings. The molecule has 1 aliphatic carbocycles. The highest BCUT2D eigenvalue weighted by molar-refractivity contribution is 5.99. The van der Waals surface area contributed by atoms with Crippen molar-refractivity contribution in [3.05, 3.63) is 23.8 Å². The Bertz CT molecular complexity index is 868. The van der Waals surface area contributed by atoms with Crippen LogP contribution < -0.4 is 10.1 Å². The third-order valence-corrected chi connectivity index (χ3v) is 6.84. The maximum absolute atomic E-state index is 13.4. The SMILES string of the molecule is CO[C@@H]1CN(C)C(=O)c2cc(NC(=O)C3CCCC3)ccc2OC[C@H](C)N(C(C)=O)C[C@@H]1C. The van der Waals surface area contributed by atoms with Crippen LogP contribution in [0, 0.1) is 11.8 Å². The minimum absolute atomic E-state index is 0.00122. The number of anilines is 1. The van der Waals surface area contributed by atoms with E-state index in [-0.39, 0.29) is 48.3 Å². The quantitative estimate of drug-likeness (QED) is 0.750. The van der Waals surface area contributed by atoms with E-state index >= 15 is 0 Å². The summed E-state index contributed by atoms with van der Waals surface area (Å²) in [6, 6.07) is 4.99. The summed E-state index contributed by atoms with van der Waals surface area (Å²) in [5.74, 6) is 0.257. The number of amides is 3. The van der Waals surface area contributed by atoms with Crippen LogP contribution in [0.4, 0.5) is 5.69 Å². The molecule has 1 fully saturated rings. The van der Waals surface area contributed by atoms with Crippen LogP contribution in [0.5, 0.6) is 5.75 Å². The molecule has 8 heteroatoms. The third-order valence-electron chi connectivity index (χ3n) is 6.84. The normalized spacial score (nSPS) is 25.0. The first-order valence-electron chi connectivity index (χ1n) is 11.8. The van der Waals surface area contributed by atoms with E-state index in [0.29, 0.717) is 30.1 Å². The molecule has 1 aliphatic heterocycles. The van der Waals surface area contributed by atoms with Gasteiger partial charge in [-0.1, -0.05) is 19.8 Å². The van der Waals surface area contributed by atoms with E-state index in [2.05, 4.69) is 5.32 Å². The molecular formula is C25H37N3O5. The van der Waals surface area contributed by atoms with Gasteiger partial charge in [0, 0.05) is 51.7 Å². The van der Waals surface area contributed by atoms with Crippen molar-refractivity contribution >= 4 is 23.4 Å². The van der Waals surface area contributed by atoms with Gasteiger partial charge >= 0.3 is 0 Å². The standard InChI is InChI=1S/C25H37N3O5/c1-16-13-28(18(3)29)17(2)15-33-22-11-10-20(26-24(30)19-8-6-7-9-19)12-21(22)25(31)27(4)14-23(16)32-5/h10-12,16-17,19,23H,6-9,13-15H2,1-5H3,(H,26,30)/t16-,17-,23+/m0/s1. The van der Waals surface area contributed by atoms with Gasteiger partial charge in [0.05, 0.1) is 17.7 Å². The van der Waals surface area contributed by atoms with Crippen molar-refractivity contribution < 1.29 is 23.9 Å². The molecule has 0 unspecified atom stereocenters. The number of nitrogens with one attached hydrogen (secondary N) is 1. The maximum atomic E-state index is 13.4. The number of fused-ring (bicyclic) bond motifs is 1. The molecule has 1 saturated carbocycles. The zero-order valence-electron chi connectivity index (χ0n) is 20.4. The molecule has 1 aromatic rings. The molecule has 0 spiro atoms. The zero-order chi connectivity index (χ0) is 24.1. The van der Waals surface area contributed by atoms with Gasteiger partial charge < -0.3 is 24.6 Å². The van der Waals surface area contributed by atoms with Crippen LogP contribution in [0.3, 0.4) is 0 Å². The number of carbonyl (C=O) groups excluding carboxylic acids is 3. The molecule has 33 heavy (non-hydrogen) atoms. The lowest BCUT2D eigenvalue weighted by atomic mass is 10.0. The number of carbonyl (C=O) groups is 3. The Hall–Kier alpha value is -2.61. The highest BCUT2D eigenvalue weighted by Gasteiger charge is 2.29. The number of rotatable bonds is 3. The molecule has 1 aromatic carbocycles. The summed E-state index contributed by atoms with van der Waals surface area (Å²) in [6.45, 7) is 6.65. The Morgan fingerprint density at radius 2 is 1.85 bits per heavy atom. The fourth-order valence-corrected chi connectivity index (χ4v) is 4.73. The lowest BCUT2D eigenvalue weighted by molar-refractivity contribution is -0.133. The van der Waals surface area contributed by atoms with Gasteiger partial charge in [-0.15, -0.1) is 0 Å². The summed E-state index contributed by atoms with van der Waals surface area (Å²) in [5, 5.41) is 2.97. The van der Waals surface area contributed by atoms with Gasteiger partial charge in [0.25, 0.3) is 5.91 Å². The summed E-state index contributed by atoms with van der Waals surface area (Å²) in [7, 11) is 3.35. The van der Waals surface area contributed by atoms with Crippen molar-refractivity contribution in [3.8, 4) is 5.75 Å². The molecule has 3 amide bonds. The van der Waals surface area contributed by atoms with Crippen molar-refractivity contribution in [3.63, 3.8) is 0 Å². The minimum atomic E-state index is -0.234. The summed E-state index contributed by atoms with van der Waals surface area (Å²) in [5.41, 5.74) is 0.963. The van der Waals surface area contributed by atoms with Gasteiger partial charge in [0.1, 0.15) is 12.4 Å². The van der Waals surface area contributed by atoms with E-state index < -0.39 is 0 Å². The van der Waals surface area contributed by atoms with E-state index in [1.807, 2.05) is 13.8 Å². The smallest absolute Gasteiger partial charge is 0.257 e. The second-order valence-electron chi connectivity index (χ2n) is 9.45. The molecule has 3 rings (SSSR count). The van der Waals surface area contributed by atoms with Crippen LogP contribution in [0.15, 0.2) is 18.2 Å². The van der Waals surface area contributed by atoms with Crippen LogP contribution in [0.1, 0.15) is 56.8 Å². The van der Waals surface area contributed by atoms with E-state index in [9.17, 15) is 14.4 Å². The Morgan fingerprint density at radius 1 is 1.15 bits per heavy atom. The zero-order valence-corrected chi connectivity index (χ0v) is 20.4. The molecule has 0 radical (unpaired) electrons. The van der Waals surface area contributed by atoms with Crippen molar-refractivity contribution in [2.45, 2.75) is 58.6 Å². The number of hydrogen-bond acceptors (Lipinski definition) is 5. The van der Waals surface area contributed by atoms with Gasteiger partial charge in [-0.05, 0) is 38.0 Å². The van der Waals surface area contributed by atoms with Crippen molar-refractivity contribution in [2.24, 2.45) is 11.8 Å². The van der Waals surface area contributed by atoms with Crippen LogP contribution in [0.2, 0.25) is 0 Å². The highest BCUT2D eigenvalue weighted by atomic mass is 16.5. The van der Waals surface area contributed by atoms with Crippen molar-refractivity contribution in [1.82, 2.24) is 9.80 Å². The minimum Gasteiger partial charge on any atom is -0.491 e. The number of ether oxygens (including phenoxy) is 2. The first-order chi connectivity index (χ1) is 15.7. The summed E-state index contributed by atoms with van der Waals surface area (Å²) < 4.78 is 11.7. The Balaban J connectivity index is 1.91. The molecule has 0 bridgehead atoms. The summed E-state index contributed by atoms with van der Waals surface area (Å²) >= 11 is 0. The van der Waals surface area contributed by atoms with Crippen molar-refractivity contribution in [2.75, 3.05) is 39.2 Å². The van der Waals surface area contributed by atoms with E-state index in [4.69, 9.17) is 9.47 Å². The summed E-state index contributed by atoms with van der Waals surface area (Å²) in [4.78, 5) is 41.7. The molecule has 0 aromatic heterocycles. The second kappa shape index (κ2) is 11.0. The van der Waals surface area contributed by atoms with Gasteiger partial charge in [-0.3, -0.25) is 14.4 Å². The highest BCUT2D eigenvalue weighted by Crippen LogP contribution is 2.29. The molecule has 182 valence electrons. The van der Waals surface area contributed by atoms with E-state index in [1.54, 1.807) is 49.1 Å². The fraction of sp³-hybridized carbons (Fsp3) is 0.640. The van der Waals surface area contributed by atoms with Crippen LogP contribution in [-0.2, 0) is 14.3 Å². The number of likely N-dealkylation sites (N-methyl/N-ethyl adjacent to an activating group) is 1. The Morgan fingerprint density at radius 3 is 2.48 bits per heavy atom. The number of hydrogen-bond donors (Lipinski definition) is 1. The lowest BCUT2D eigenvalue weighted by Crippen LogP contribution is -2.48. The molecule has 3 atom stereocenters. The molecule has 8 nitrogen and oxygen atoms in total. The van der Waals surface area contributed by atoms with Gasteiger partial charge in [-0.25, -0.2) is 0 Å². The third kappa shape index (κ3) is 6.05. The summed E-state index contributed by atoms with van der Waals surface area (Å²) in [6.07, 6.45) is 3.73. The van der Waals surface area contributed by atoms with E-state index in [0.717, 1.165) is 25.7 Å². The van der Waals surface area contributed by atoms with Crippen molar-refractivity contribution in [1.29, 1.82) is 0 Å². The number of benzene rings is 1. The molecule has 1 heterocycles. The van der Waals surface area contributed by atoms with Gasteiger partial charge in [0.2, 0.25) is 11.8 Å². The predicted molar refractivity (Wildman–Crippen MR) is 126 cm³/mol. The topological polar surface area (TPSA) is 88.2 Å². The van der Waals surface area contributed by atoms with Crippen LogP contribution in [-0.4, -0.2) is 73.5 Å². The van der Waals surface area contributed by atoms with Crippen LogP contribution >= 0.6 is 0 Å². The Labute approximate surface area is 196 Å². The van der Waals surface area contributed by atoms with E-state index in [1.165, 1.54) is 0 Å². The molecule has 0 saturated heterocycles. The van der Waals surface area contributed by atoms with Gasteiger partial charge in [-0.2, -0.15) is 0 Å².